The van der Waals surface area contributed by atoms with Crippen molar-refractivity contribution in [1.82, 2.24) is 25.2 Å². The van der Waals surface area contributed by atoms with Crippen LogP contribution < -0.4 is 11.1 Å². The highest BCUT2D eigenvalue weighted by atomic mass is 16.2. The van der Waals surface area contributed by atoms with Crippen molar-refractivity contribution in [2.45, 2.75) is 44.7 Å². The second kappa shape index (κ2) is 9.05. The number of carbonyl (C=O) groups is 1. The van der Waals surface area contributed by atoms with E-state index in [9.17, 15) is 4.79 Å². The van der Waals surface area contributed by atoms with Gasteiger partial charge in [-0.25, -0.2) is 9.78 Å². The second-order valence-electron chi connectivity index (χ2n) is 7.63. The fourth-order valence-electron chi connectivity index (χ4n) is 4.21. The molecule has 0 aliphatic heterocycles. The molecule has 2 amide bonds. The van der Waals surface area contributed by atoms with Gasteiger partial charge in [0.15, 0.2) is 0 Å². The Balaban J connectivity index is 1.51. The van der Waals surface area contributed by atoms with Gasteiger partial charge >= 0.3 is 6.03 Å². The van der Waals surface area contributed by atoms with Gasteiger partial charge in [-0.15, -0.1) is 0 Å². The van der Waals surface area contributed by atoms with Gasteiger partial charge in [-0.2, -0.15) is 0 Å². The van der Waals surface area contributed by atoms with Crippen LogP contribution in [-0.4, -0.2) is 39.0 Å². The molecule has 2 heterocycles. The summed E-state index contributed by atoms with van der Waals surface area (Å²) in [7, 11) is 0. The number of aromatic nitrogens is 3. The maximum atomic E-state index is 10.9. The minimum absolute atomic E-state index is 0.289. The Hall–Kier alpha value is -2.93. The summed E-state index contributed by atoms with van der Waals surface area (Å²) in [5.41, 5.74) is 9.78. The summed E-state index contributed by atoms with van der Waals surface area (Å²) in [6.07, 6.45) is 7.13. The van der Waals surface area contributed by atoms with Crippen molar-refractivity contribution < 1.29 is 4.79 Å². The van der Waals surface area contributed by atoms with Gasteiger partial charge in [0, 0.05) is 12.7 Å². The Kier molecular flexibility index (Phi) is 6.05. The molecule has 0 radical (unpaired) electrons. The van der Waals surface area contributed by atoms with E-state index in [-0.39, 0.29) is 6.04 Å². The number of primary amides is 1. The molecule has 1 aromatic carbocycles. The molecule has 4 rings (SSSR count). The molecule has 0 saturated heterocycles. The number of benzene rings is 1. The fourth-order valence-corrected chi connectivity index (χ4v) is 4.21. The van der Waals surface area contributed by atoms with Crippen molar-refractivity contribution in [3.8, 4) is 0 Å². The number of hydrogen-bond acceptors (Lipinski definition) is 4. The molecule has 7 nitrogen and oxygen atoms in total. The Morgan fingerprint density at radius 1 is 1.24 bits per heavy atom. The zero-order chi connectivity index (χ0) is 20.1. The summed E-state index contributed by atoms with van der Waals surface area (Å²) in [5, 5.41) is 2.67. The molecule has 1 unspecified atom stereocenters. The lowest BCUT2D eigenvalue weighted by Crippen LogP contribution is -2.34. The summed E-state index contributed by atoms with van der Waals surface area (Å²) in [6.45, 7) is 2.27. The number of carbonyl (C=O) groups excluding carboxylic acids is 1. The second-order valence-corrected chi connectivity index (χ2v) is 7.63. The Labute approximate surface area is 170 Å². The zero-order valence-electron chi connectivity index (χ0n) is 16.6. The lowest BCUT2D eigenvalue weighted by Gasteiger charge is -2.34. The fraction of sp³-hybridized carbons (Fsp3) is 0.409. The Bertz CT molecular complexity index is 936. The number of unbranched alkanes of at least 4 members (excludes halogenated alkanes) is 1. The summed E-state index contributed by atoms with van der Waals surface area (Å²) >= 11 is 0. The first-order valence-corrected chi connectivity index (χ1v) is 10.4. The molecule has 1 atom stereocenters. The molecule has 1 aliphatic rings. The van der Waals surface area contributed by atoms with Crippen LogP contribution in [0.3, 0.4) is 0 Å². The summed E-state index contributed by atoms with van der Waals surface area (Å²) < 4.78 is 0. The van der Waals surface area contributed by atoms with E-state index in [2.05, 4.69) is 27.3 Å². The molecular formula is C22H28N6O. The smallest absolute Gasteiger partial charge is 0.312 e. The van der Waals surface area contributed by atoms with Crippen LogP contribution >= 0.6 is 0 Å². The maximum absolute atomic E-state index is 10.9. The van der Waals surface area contributed by atoms with Crippen molar-refractivity contribution >= 4 is 17.1 Å². The lowest BCUT2D eigenvalue weighted by molar-refractivity contribution is 0.159. The molecule has 0 bridgehead atoms. The van der Waals surface area contributed by atoms with E-state index < -0.39 is 6.03 Å². The SMILES string of the molecule is NC(=O)NCCCCN(Cc1nc2ccccc2[nH]1)C1CCCc2cccnc21. The number of aryl methyl sites for hydroxylation is 1. The van der Waals surface area contributed by atoms with Crippen molar-refractivity contribution in [2.24, 2.45) is 5.73 Å². The van der Waals surface area contributed by atoms with Gasteiger partial charge in [-0.3, -0.25) is 9.88 Å². The first-order chi connectivity index (χ1) is 14.2. The van der Waals surface area contributed by atoms with Crippen LogP contribution in [0.1, 0.15) is 48.8 Å². The molecule has 3 aromatic rings. The number of fused-ring (bicyclic) bond motifs is 2. The van der Waals surface area contributed by atoms with E-state index >= 15 is 0 Å². The number of urea groups is 1. The normalized spacial score (nSPS) is 16.1. The highest BCUT2D eigenvalue weighted by molar-refractivity contribution is 5.74. The van der Waals surface area contributed by atoms with E-state index in [1.54, 1.807) is 0 Å². The summed E-state index contributed by atoms with van der Waals surface area (Å²) in [5.74, 6) is 0.976. The van der Waals surface area contributed by atoms with Crippen molar-refractivity contribution in [2.75, 3.05) is 13.1 Å². The van der Waals surface area contributed by atoms with E-state index in [4.69, 9.17) is 15.7 Å². The van der Waals surface area contributed by atoms with Gasteiger partial charge in [-0.05, 0) is 62.4 Å². The number of imidazole rings is 1. The average molecular weight is 393 g/mol. The van der Waals surface area contributed by atoms with Gasteiger partial charge < -0.3 is 16.0 Å². The summed E-state index contributed by atoms with van der Waals surface area (Å²) in [4.78, 5) is 26.3. The molecule has 1 aliphatic carbocycles. The Morgan fingerprint density at radius 3 is 3.00 bits per heavy atom. The molecule has 0 fully saturated rings. The minimum Gasteiger partial charge on any atom is -0.352 e. The minimum atomic E-state index is -0.463. The number of nitrogens with zero attached hydrogens (tertiary/aromatic N) is 3. The van der Waals surface area contributed by atoms with Gasteiger partial charge in [0.1, 0.15) is 5.82 Å². The quantitative estimate of drug-likeness (QED) is 0.512. The number of rotatable bonds is 8. The number of amides is 2. The number of pyridine rings is 1. The first-order valence-electron chi connectivity index (χ1n) is 10.4. The molecule has 0 saturated carbocycles. The van der Waals surface area contributed by atoms with Crippen LogP contribution in [0.25, 0.3) is 11.0 Å². The third-order valence-electron chi connectivity index (χ3n) is 5.57. The highest BCUT2D eigenvalue weighted by Gasteiger charge is 2.27. The zero-order valence-corrected chi connectivity index (χ0v) is 16.6. The van der Waals surface area contributed by atoms with Crippen LogP contribution in [0, 0.1) is 0 Å². The number of hydrogen-bond donors (Lipinski definition) is 3. The van der Waals surface area contributed by atoms with Crippen LogP contribution in [0.2, 0.25) is 0 Å². The lowest BCUT2D eigenvalue weighted by atomic mass is 9.90. The summed E-state index contributed by atoms with van der Waals surface area (Å²) in [6, 6.07) is 12.2. The first kappa shape index (κ1) is 19.4. The molecular weight excluding hydrogens is 364 g/mol. The number of aromatic amines is 1. The van der Waals surface area contributed by atoms with Crippen molar-refractivity contribution in [3.63, 3.8) is 0 Å². The molecule has 152 valence electrons. The topological polar surface area (TPSA) is 99.9 Å². The molecule has 0 spiro atoms. The van der Waals surface area contributed by atoms with Crippen molar-refractivity contribution in [1.29, 1.82) is 0 Å². The largest absolute Gasteiger partial charge is 0.352 e. The average Bonchev–Trinajstić information content (AvgIpc) is 3.14. The van der Waals surface area contributed by atoms with E-state index in [1.807, 2.05) is 30.5 Å². The molecule has 4 N–H and O–H groups in total. The van der Waals surface area contributed by atoms with Crippen molar-refractivity contribution in [3.05, 3.63) is 59.7 Å². The third-order valence-corrected chi connectivity index (χ3v) is 5.57. The van der Waals surface area contributed by atoms with Crippen LogP contribution in [-0.2, 0) is 13.0 Å². The van der Waals surface area contributed by atoms with Crippen LogP contribution in [0.15, 0.2) is 42.6 Å². The standard InChI is InChI=1S/C22H28N6O/c23-22(29)25-12-3-4-14-28(15-20-26-17-9-1-2-10-18(17)27-20)19-11-5-7-16-8-6-13-24-21(16)19/h1-2,6,8-10,13,19H,3-5,7,11-12,14-15H2,(H,26,27)(H3,23,25,29). The van der Waals surface area contributed by atoms with Gasteiger partial charge in [-0.1, -0.05) is 18.2 Å². The van der Waals surface area contributed by atoms with E-state index in [0.29, 0.717) is 6.54 Å². The Morgan fingerprint density at radius 2 is 2.14 bits per heavy atom. The molecule has 2 aromatic heterocycles. The van der Waals surface area contributed by atoms with Gasteiger partial charge in [0.2, 0.25) is 0 Å². The van der Waals surface area contributed by atoms with E-state index in [1.165, 1.54) is 17.7 Å². The van der Waals surface area contributed by atoms with Crippen LogP contribution in [0.4, 0.5) is 4.79 Å². The predicted octanol–water partition coefficient (Wildman–Crippen LogP) is 3.29. The number of nitrogens with two attached hydrogens (primary N) is 1. The molecule has 7 heteroatoms. The third kappa shape index (κ3) is 4.74. The maximum Gasteiger partial charge on any atom is 0.312 e. The van der Waals surface area contributed by atoms with Crippen LogP contribution in [0.5, 0.6) is 0 Å². The number of nitrogens with one attached hydrogen (secondary N) is 2. The van der Waals surface area contributed by atoms with Gasteiger partial charge in [0.05, 0.1) is 29.3 Å². The molecule has 29 heavy (non-hydrogen) atoms. The highest BCUT2D eigenvalue weighted by Crippen LogP contribution is 2.33. The monoisotopic (exact) mass is 392 g/mol. The van der Waals surface area contributed by atoms with E-state index in [0.717, 1.165) is 55.6 Å². The van der Waals surface area contributed by atoms with Gasteiger partial charge in [0.25, 0.3) is 0 Å². The number of H-pyrrole nitrogens is 1. The predicted molar refractivity (Wildman–Crippen MR) is 113 cm³/mol. The number of para-hydroxylation sites is 2.